The second-order valence-electron chi connectivity index (χ2n) is 15.8. The van der Waals surface area contributed by atoms with Crippen LogP contribution >= 0.6 is 0 Å². The number of nitrogens with one attached hydrogen (secondary N) is 1. The number of fused-ring (bicyclic) bond motifs is 4. The van der Waals surface area contributed by atoms with Gasteiger partial charge in [0.05, 0.1) is 18.6 Å². The molecule has 3 fully saturated rings. The average Bonchev–Trinajstić information content (AvgIpc) is 3.17. The summed E-state index contributed by atoms with van der Waals surface area (Å²) in [6.07, 6.45) is 4.89. The van der Waals surface area contributed by atoms with E-state index in [1.54, 1.807) is 6.20 Å². The van der Waals surface area contributed by atoms with Gasteiger partial charge in [-0.1, -0.05) is 111 Å². The van der Waals surface area contributed by atoms with Crippen molar-refractivity contribution < 1.29 is 18.8 Å². The summed E-state index contributed by atoms with van der Waals surface area (Å²) in [6.45, 7) is 15.0. The number of aromatic nitrogens is 1. The van der Waals surface area contributed by atoms with Gasteiger partial charge < -0.3 is 19.3 Å². The Kier molecular flexibility index (Phi) is 9.96. The van der Waals surface area contributed by atoms with E-state index < -0.39 is 20.0 Å². The molecule has 52 heavy (non-hydrogen) atoms. The maximum absolute atomic E-state index is 14.9. The third-order valence-corrected chi connectivity index (χ3v) is 15.8. The number of benzene rings is 4. The van der Waals surface area contributed by atoms with Crippen LogP contribution < -0.4 is 9.74 Å². The number of hydrogen-bond donors (Lipinski definition) is 2. The second kappa shape index (κ2) is 14.5. The molecule has 0 aliphatic carbocycles. The van der Waals surface area contributed by atoms with Crippen LogP contribution in [0, 0.1) is 11.8 Å². The quantitative estimate of drug-likeness (QED) is 0.0588. The van der Waals surface area contributed by atoms with Gasteiger partial charge in [-0.3, -0.25) is 9.78 Å². The molecule has 2 N–H and O–H groups in total. The molecule has 2 bridgehead atoms. The minimum atomic E-state index is -1.97. The van der Waals surface area contributed by atoms with Crippen LogP contribution in [0.15, 0.2) is 134 Å². The van der Waals surface area contributed by atoms with Crippen LogP contribution in [0.4, 0.5) is 0 Å². The molecular formula is C45H52N3O3Si+. The largest absolute Gasteiger partial charge is 0.544 e. The summed E-state index contributed by atoms with van der Waals surface area (Å²) in [5.41, 5.74) is 4.18. The molecule has 4 heterocycles. The molecule has 0 radical (unpaired) electrons. The zero-order valence-electron chi connectivity index (χ0n) is 30.9. The first-order chi connectivity index (χ1) is 25.1. The second-order valence-corrected chi connectivity index (χ2v) is 20.4. The zero-order chi connectivity index (χ0) is 36.5. The number of pyridine rings is 1. The maximum atomic E-state index is 14.9. The highest BCUT2D eigenvalue weighted by molar-refractivity contribution is 6.73. The number of carbonyl (C=O) groups excluding carboxylic acids is 1. The molecule has 6 nitrogen and oxygen atoms in total. The van der Waals surface area contributed by atoms with Crippen LogP contribution in [-0.2, 0) is 10.3 Å². The van der Waals surface area contributed by atoms with E-state index in [2.05, 4.69) is 92.4 Å². The van der Waals surface area contributed by atoms with E-state index >= 15 is 0 Å². The maximum Gasteiger partial charge on any atom is 0.276 e. The molecule has 4 aromatic carbocycles. The Labute approximate surface area is 309 Å². The number of aliphatic hydroxyl groups excluding tert-OH is 1. The first-order valence-corrected chi connectivity index (χ1v) is 21.8. The molecular weight excluding hydrogens is 659 g/mol. The molecule has 0 unspecified atom stereocenters. The summed E-state index contributed by atoms with van der Waals surface area (Å²) < 4.78 is 7.12. The summed E-state index contributed by atoms with van der Waals surface area (Å²) in [6, 6.07) is 38.6. The fraction of sp³-hybridized carbons (Fsp3) is 0.333. The SMILES string of the molecule is C=C[C@H]1C[N@+]2(CC(=O)NC(c3ccccc3)(c3ccccc3)c3ccccc3)CC[C@H]1C[C@@H]2[C@@H](O)c1ccnc2ccc(O[Si](C)(C)C(C)C)cc12. The van der Waals surface area contributed by atoms with Gasteiger partial charge >= 0.3 is 0 Å². The van der Waals surface area contributed by atoms with Gasteiger partial charge in [0.1, 0.15) is 23.4 Å². The molecule has 1 aromatic heterocycles. The Bertz CT molecular complexity index is 1920. The van der Waals surface area contributed by atoms with Crippen molar-refractivity contribution in [3.05, 3.63) is 156 Å². The van der Waals surface area contributed by atoms with Crippen molar-refractivity contribution in [2.45, 2.75) is 63.0 Å². The lowest BCUT2D eigenvalue weighted by Gasteiger charge is -2.57. The van der Waals surface area contributed by atoms with E-state index in [0.29, 0.717) is 15.9 Å². The molecule has 3 aliphatic rings. The Morgan fingerprint density at radius 2 is 1.56 bits per heavy atom. The average molecular weight is 711 g/mol. The number of carbonyl (C=O) groups is 1. The van der Waals surface area contributed by atoms with Gasteiger partial charge in [0.15, 0.2) is 6.54 Å². The zero-order valence-corrected chi connectivity index (χ0v) is 31.9. The van der Waals surface area contributed by atoms with E-state index in [4.69, 9.17) is 4.43 Å². The Hall–Kier alpha value is -4.56. The van der Waals surface area contributed by atoms with E-state index in [9.17, 15) is 9.90 Å². The van der Waals surface area contributed by atoms with Gasteiger partial charge in [-0.2, -0.15) is 0 Å². The highest BCUT2D eigenvalue weighted by Crippen LogP contribution is 2.47. The van der Waals surface area contributed by atoms with Crippen molar-refractivity contribution in [3.63, 3.8) is 0 Å². The number of nitrogens with zero attached hydrogens (tertiary/aromatic N) is 2. The first kappa shape index (κ1) is 35.8. The standard InChI is InChI=1S/C45H51N3O3Si/c1-6-33-30-48(31-43(49)47-45(35-16-10-7-11-17-35,36-18-12-8-13-19-36)37-20-14-9-15-21-37)27-25-34(33)28-42(48)44(50)39-24-26-46-41-23-22-38(29-40(39)41)51-52(4,5)32(2)3/h6-24,26,29,32-34,42,44,50H,1,25,27-28,30-31H2,2-5H3/p+1/t33-,34-,42+,44-,48-/m0/s1. The van der Waals surface area contributed by atoms with Crippen LogP contribution in [0.25, 0.3) is 10.9 Å². The van der Waals surface area contributed by atoms with Crippen molar-refractivity contribution in [3.8, 4) is 5.75 Å². The number of rotatable bonds is 12. The van der Waals surface area contributed by atoms with Crippen molar-refractivity contribution in [2.24, 2.45) is 11.8 Å². The summed E-state index contributed by atoms with van der Waals surface area (Å²) in [5.74, 6) is 1.47. The van der Waals surface area contributed by atoms with E-state index in [1.807, 2.05) is 72.8 Å². The van der Waals surface area contributed by atoms with Crippen LogP contribution in [-0.4, -0.2) is 54.5 Å². The van der Waals surface area contributed by atoms with Crippen LogP contribution in [0.5, 0.6) is 5.75 Å². The van der Waals surface area contributed by atoms with Gasteiger partial charge in [0.25, 0.3) is 5.91 Å². The van der Waals surface area contributed by atoms with Crippen molar-refractivity contribution in [1.29, 1.82) is 0 Å². The lowest BCUT2D eigenvalue weighted by atomic mass is 9.71. The van der Waals surface area contributed by atoms with Crippen molar-refractivity contribution in [2.75, 3.05) is 19.6 Å². The Morgan fingerprint density at radius 1 is 0.962 bits per heavy atom. The van der Waals surface area contributed by atoms with Crippen LogP contribution in [0.2, 0.25) is 18.6 Å². The number of amides is 1. The molecule has 0 saturated carbocycles. The minimum absolute atomic E-state index is 0.0481. The molecule has 3 aliphatic heterocycles. The first-order valence-electron chi connectivity index (χ1n) is 18.8. The number of hydrogen-bond acceptors (Lipinski definition) is 4. The predicted molar refractivity (Wildman–Crippen MR) is 212 cm³/mol. The molecule has 0 spiro atoms. The minimum Gasteiger partial charge on any atom is -0.544 e. The molecule has 5 atom stereocenters. The molecule has 3 saturated heterocycles. The third kappa shape index (κ3) is 6.62. The predicted octanol–water partition coefficient (Wildman–Crippen LogP) is 8.78. The molecule has 7 heteroatoms. The lowest BCUT2D eigenvalue weighted by Crippen LogP contribution is -2.70. The van der Waals surface area contributed by atoms with Gasteiger partial charge in [-0.05, 0) is 71.1 Å². The van der Waals surface area contributed by atoms with Crippen LogP contribution in [0.3, 0.4) is 0 Å². The number of aliphatic hydroxyl groups is 1. The summed E-state index contributed by atoms with van der Waals surface area (Å²) in [5, 5.41) is 17.1. The summed E-state index contributed by atoms with van der Waals surface area (Å²) in [7, 11) is -1.97. The van der Waals surface area contributed by atoms with E-state index in [-0.39, 0.29) is 24.4 Å². The van der Waals surface area contributed by atoms with E-state index in [0.717, 1.165) is 64.8 Å². The van der Waals surface area contributed by atoms with Gasteiger partial charge in [0.2, 0.25) is 8.32 Å². The lowest BCUT2D eigenvalue weighted by molar-refractivity contribution is -0.966. The fourth-order valence-electron chi connectivity index (χ4n) is 8.79. The van der Waals surface area contributed by atoms with Gasteiger partial charge in [-0.15, -0.1) is 6.58 Å². The van der Waals surface area contributed by atoms with Crippen molar-refractivity contribution >= 4 is 25.1 Å². The summed E-state index contributed by atoms with van der Waals surface area (Å²) >= 11 is 0. The molecule has 268 valence electrons. The highest BCUT2D eigenvalue weighted by Gasteiger charge is 2.55. The van der Waals surface area contributed by atoms with Crippen molar-refractivity contribution in [1.82, 2.24) is 10.3 Å². The molecule has 5 aromatic rings. The topological polar surface area (TPSA) is 71.5 Å². The Morgan fingerprint density at radius 3 is 2.12 bits per heavy atom. The smallest absolute Gasteiger partial charge is 0.276 e. The molecule has 8 rings (SSSR count). The monoisotopic (exact) mass is 710 g/mol. The highest BCUT2D eigenvalue weighted by atomic mass is 28.4. The number of quaternary nitrogens is 1. The van der Waals surface area contributed by atoms with Gasteiger partial charge in [0, 0.05) is 30.3 Å². The normalized spacial score (nSPS) is 22.2. The van der Waals surface area contributed by atoms with Gasteiger partial charge in [-0.25, -0.2) is 0 Å². The number of piperidine rings is 3. The Balaban J connectivity index is 1.27. The molecule has 1 amide bonds. The fourth-order valence-corrected chi connectivity index (χ4v) is 9.76. The summed E-state index contributed by atoms with van der Waals surface area (Å²) in [4.78, 5) is 19.6. The van der Waals surface area contributed by atoms with Crippen LogP contribution in [0.1, 0.15) is 55.0 Å². The van der Waals surface area contributed by atoms with E-state index in [1.165, 1.54) is 0 Å². The third-order valence-electron chi connectivity index (χ3n) is 12.3.